The van der Waals surface area contributed by atoms with Gasteiger partial charge in [-0.2, -0.15) is 0 Å². The van der Waals surface area contributed by atoms with Crippen LogP contribution in [0.25, 0.3) is 5.65 Å². The fraction of sp³-hybridized carbons (Fsp3) is 0.222. The van der Waals surface area contributed by atoms with Crippen molar-refractivity contribution in [3.05, 3.63) is 66.1 Å². The Balaban J connectivity index is 0.00000169. The number of carbonyl (C=O) groups excluding carboxylic acids is 1. The Hall–Kier alpha value is -2.28. The van der Waals surface area contributed by atoms with Crippen molar-refractivity contribution in [2.45, 2.75) is 12.5 Å². The highest BCUT2D eigenvalue weighted by molar-refractivity contribution is 5.91. The lowest BCUT2D eigenvalue weighted by atomic mass is 10.1. The number of pyridine rings is 1. The standard InChI is InChI=1S/C18H19N3O3.2ClH/c1-23-18(22)17-15(7-8-16-20-9-10-21(16)17)24-12-14(19)11-13-5-3-2-4-6-13;;/h2-10,14H,11-12,19H2,1H3;2*1H/t14-;;/m1../s1. The third-order valence-corrected chi connectivity index (χ3v) is 3.70. The van der Waals surface area contributed by atoms with Crippen molar-refractivity contribution < 1.29 is 14.3 Å². The molecule has 2 N–H and O–H groups in total. The third-order valence-electron chi connectivity index (χ3n) is 3.70. The SMILES string of the molecule is COC(=O)c1c(OC[C@H](N)Cc2ccccc2)ccc2nccn12.Cl.Cl. The number of aromatic nitrogens is 2. The molecule has 3 aromatic rings. The second kappa shape index (κ2) is 10.0. The average Bonchev–Trinajstić information content (AvgIpc) is 3.08. The van der Waals surface area contributed by atoms with E-state index < -0.39 is 5.97 Å². The van der Waals surface area contributed by atoms with Gasteiger partial charge in [0.25, 0.3) is 0 Å². The van der Waals surface area contributed by atoms with Crippen LogP contribution in [0.2, 0.25) is 0 Å². The van der Waals surface area contributed by atoms with Gasteiger partial charge < -0.3 is 15.2 Å². The molecule has 0 bridgehead atoms. The highest BCUT2D eigenvalue weighted by atomic mass is 35.5. The first kappa shape index (κ1) is 21.8. The lowest BCUT2D eigenvalue weighted by molar-refractivity contribution is 0.0586. The third kappa shape index (κ3) is 4.88. The van der Waals surface area contributed by atoms with E-state index >= 15 is 0 Å². The summed E-state index contributed by atoms with van der Waals surface area (Å²) in [5.41, 5.74) is 8.24. The predicted octanol–water partition coefficient (Wildman–Crippen LogP) is 2.91. The zero-order chi connectivity index (χ0) is 16.9. The van der Waals surface area contributed by atoms with Gasteiger partial charge in [0.2, 0.25) is 0 Å². The van der Waals surface area contributed by atoms with Crippen LogP contribution in [-0.2, 0) is 11.2 Å². The summed E-state index contributed by atoms with van der Waals surface area (Å²) in [6, 6.07) is 13.3. The lowest BCUT2D eigenvalue weighted by Gasteiger charge is -2.16. The van der Waals surface area contributed by atoms with Crippen LogP contribution in [0.15, 0.2) is 54.9 Å². The van der Waals surface area contributed by atoms with Gasteiger partial charge in [-0.1, -0.05) is 30.3 Å². The number of hydrogen-bond donors (Lipinski definition) is 1. The van der Waals surface area contributed by atoms with E-state index in [0.29, 0.717) is 30.1 Å². The van der Waals surface area contributed by atoms with E-state index in [9.17, 15) is 4.79 Å². The Morgan fingerprint density at radius 2 is 1.92 bits per heavy atom. The largest absolute Gasteiger partial charge is 0.489 e. The molecule has 26 heavy (non-hydrogen) atoms. The molecule has 0 saturated carbocycles. The molecule has 0 spiro atoms. The first-order chi connectivity index (χ1) is 11.7. The van der Waals surface area contributed by atoms with Crippen molar-refractivity contribution in [2.75, 3.05) is 13.7 Å². The first-order valence-corrected chi connectivity index (χ1v) is 7.65. The summed E-state index contributed by atoms with van der Waals surface area (Å²) in [5.74, 6) is -0.0545. The Kier molecular flexibility index (Phi) is 8.38. The molecule has 8 heteroatoms. The number of carbonyl (C=O) groups is 1. The Labute approximate surface area is 164 Å². The molecule has 0 aliphatic rings. The number of benzene rings is 1. The Bertz CT molecular complexity index is 840. The molecule has 0 unspecified atom stereocenters. The predicted molar refractivity (Wildman–Crippen MR) is 105 cm³/mol. The molecular weight excluding hydrogens is 377 g/mol. The number of hydrogen-bond acceptors (Lipinski definition) is 5. The van der Waals surface area contributed by atoms with Gasteiger partial charge in [0.05, 0.1) is 7.11 Å². The van der Waals surface area contributed by atoms with Crippen molar-refractivity contribution >= 4 is 36.4 Å². The molecule has 2 aromatic heterocycles. The topological polar surface area (TPSA) is 78.8 Å². The summed E-state index contributed by atoms with van der Waals surface area (Å²) in [6.45, 7) is 0.291. The molecule has 140 valence electrons. The summed E-state index contributed by atoms with van der Waals surface area (Å²) in [6.07, 6.45) is 4.01. The smallest absolute Gasteiger partial charge is 0.358 e. The summed E-state index contributed by atoms with van der Waals surface area (Å²) < 4.78 is 12.3. The van der Waals surface area contributed by atoms with Gasteiger partial charge in [0.15, 0.2) is 11.4 Å². The number of esters is 1. The number of nitrogens with two attached hydrogens (primary N) is 1. The molecule has 0 saturated heterocycles. The molecule has 0 fully saturated rings. The maximum absolute atomic E-state index is 12.1. The highest BCUT2D eigenvalue weighted by Crippen LogP contribution is 2.21. The molecule has 0 aliphatic heterocycles. The second-order valence-electron chi connectivity index (χ2n) is 5.45. The average molecular weight is 398 g/mol. The number of halogens is 2. The molecule has 0 aliphatic carbocycles. The highest BCUT2D eigenvalue weighted by Gasteiger charge is 2.18. The number of methoxy groups -OCH3 is 1. The fourth-order valence-electron chi connectivity index (χ4n) is 2.56. The lowest BCUT2D eigenvalue weighted by Crippen LogP contribution is -2.30. The number of fused-ring (bicyclic) bond motifs is 1. The van der Waals surface area contributed by atoms with E-state index in [1.54, 1.807) is 28.9 Å². The van der Waals surface area contributed by atoms with Gasteiger partial charge in [-0.3, -0.25) is 4.40 Å². The quantitative estimate of drug-likeness (QED) is 0.646. The van der Waals surface area contributed by atoms with Crippen LogP contribution in [0.1, 0.15) is 16.1 Å². The van der Waals surface area contributed by atoms with Gasteiger partial charge in [0, 0.05) is 18.4 Å². The van der Waals surface area contributed by atoms with Crippen LogP contribution in [0.5, 0.6) is 5.75 Å². The van der Waals surface area contributed by atoms with Gasteiger partial charge in [-0.25, -0.2) is 9.78 Å². The van der Waals surface area contributed by atoms with Crippen molar-refractivity contribution in [1.82, 2.24) is 9.38 Å². The van der Waals surface area contributed by atoms with Crippen molar-refractivity contribution in [1.29, 1.82) is 0 Å². The molecule has 6 nitrogen and oxygen atoms in total. The van der Waals surface area contributed by atoms with E-state index in [1.807, 2.05) is 30.3 Å². The van der Waals surface area contributed by atoms with Crippen molar-refractivity contribution in [3.63, 3.8) is 0 Å². The van der Waals surface area contributed by atoms with Crippen LogP contribution in [0.4, 0.5) is 0 Å². The number of ether oxygens (including phenoxy) is 2. The molecule has 1 aromatic carbocycles. The minimum absolute atomic E-state index is 0. The first-order valence-electron chi connectivity index (χ1n) is 7.65. The van der Waals surface area contributed by atoms with Crippen LogP contribution < -0.4 is 10.5 Å². The van der Waals surface area contributed by atoms with Crippen molar-refractivity contribution in [3.8, 4) is 5.75 Å². The number of imidazole rings is 1. The number of rotatable bonds is 6. The zero-order valence-electron chi connectivity index (χ0n) is 14.2. The maximum atomic E-state index is 12.1. The molecule has 3 rings (SSSR count). The molecule has 0 radical (unpaired) electrons. The minimum Gasteiger partial charge on any atom is -0.489 e. The van der Waals surface area contributed by atoms with Gasteiger partial charge >= 0.3 is 5.97 Å². The summed E-state index contributed by atoms with van der Waals surface area (Å²) in [5, 5.41) is 0. The van der Waals surface area contributed by atoms with E-state index in [4.69, 9.17) is 15.2 Å². The fourth-order valence-corrected chi connectivity index (χ4v) is 2.56. The Morgan fingerprint density at radius 1 is 1.19 bits per heavy atom. The van der Waals surface area contributed by atoms with Crippen LogP contribution in [-0.4, -0.2) is 35.1 Å². The molecule has 1 atom stereocenters. The molecule has 2 heterocycles. The van der Waals surface area contributed by atoms with Gasteiger partial charge in [0.1, 0.15) is 12.3 Å². The van der Waals surface area contributed by atoms with Crippen LogP contribution in [0.3, 0.4) is 0 Å². The molecular formula is C18H21Cl2N3O3. The van der Waals surface area contributed by atoms with E-state index in [1.165, 1.54) is 7.11 Å². The summed E-state index contributed by atoms with van der Waals surface area (Å²) in [4.78, 5) is 16.3. The van der Waals surface area contributed by atoms with E-state index in [0.717, 1.165) is 5.56 Å². The molecule has 0 amide bonds. The van der Waals surface area contributed by atoms with Gasteiger partial charge in [-0.05, 0) is 24.1 Å². The minimum atomic E-state index is -0.481. The normalized spacial score (nSPS) is 11.2. The monoisotopic (exact) mass is 397 g/mol. The van der Waals surface area contributed by atoms with Crippen LogP contribution >= 0.6 is 24.8 Å². The van der Waals surface area contributed by atoms with Gasteiger partial charge in [-0.15, -0.1) is 24.8 Å². The number of nitrogens with zero attached hydrogens (tertiary/aromatic N) is 2. The Morgan fingerprint density at radius 3 is 2.62 bits per heavy atom. The summed E-state index contributed by atoms with van der Waals surface area (Å²) >= 11 is 0. The zero-order valence-corrected chi connectivity index (χ0v) is 15.8. The summed E-state index contributed by atoms with van der Waals surface area (Å²) in [7, 11) is 1.34. The van der Waals surface area contributed by atoms with Crippen molar-refractivity contribution in [2.24, 2.45) is 5.73 Å². The van der Waals surface area contributed by atoms with Crippen LogP contribution in [0, 0.1) is 0 Å². The maximum Gasteiger partial charge on any atom is 0.358 e. The van der Waals surface area contributed by atoms with E-state index in [2.05, 4.69) is 4.98 Å². The second-order valence-corrected chi connectivity index (χ2v) is 5.45. The van der Waals surface area contributed by atoms with E-state index in [-0.39, 0.29) is 30.9 Å².